The normalized spacial score (nSPS) is 48.0. The lowest BCUT2D eigenvalue weighted by atomic mass is 9.75. The van der Waals surface area contributed by atoms with E-state index in [1.165, 1.54) is 0 Å². The summed E-state index contributed by atoms with van der Waals surface area (Å²) in [7, 11) is 0. The SMILES string of the molecule is NCCCNC[C@H]1O[C@H](OC2[C@@H](N)C[C@@H](NC(=O)C3(O)CC(N)C3)[C@H](O[C@H]3O[C@H](CO)[C@@H](O)[C@H](N)[C@H]3O)[C@H]2O)C[C@@H](O)[C@@H]1O. The van der Waals surface area contributed by atoms with Gasteiger partial charge < -0.3 is 88.3 Å². The number of carbonyl (C=O) groups excluding carboxylic acids is 1. The Hall–Kier alpha value is -1.17. The molecule has 2 saturated carbocycles. The third-order valence-electron chi connectivity index (χ3n) is 8.93. The third-order valence-corrected chi connectivity index (χ3v) is 8.93. The summed E-state index contributed by atoms with van der Waals surface area (Å²) in [5.41, 5.74) is 21.9. The Morgan fingerprint density at radius 1 is 0.909 bits per heavy atom. The van der Waals surface area contributed by atoms with Gasteiger partial charge in [0.2, 0.25) is 0 Å². The minimum Gasteiger partial charge on any atom is -0.394 e. The molecule has 0 radical (unpaired) electrons. The van der Waals surface area contributed by atoms with Crippen molar-refractivity contribution in [2.45, 2.75) is 129 Å². The van der Waals surface area contributed by atoms with Gasteiger partial charge in [-0.05, 0) is 25.9 Å². The monoisotopic (exact) mass is 638 g/mol. The first kappa shape index (κ1) is 35.7. The summed E-state index contributed by atoms with van der Waals surface area (Å²) in [4.78, 5) is 13.0. The molecule has 14 atom stereocenters. The van der Waals surface area contributed by atoms with E-state index in [0.29, 0.717) is 19.5 Å². The van der Waals surface area contributed by atoms with Crippen molar-refractivity contribution in [3.05, 3.63) is 0 Å². The van der Waals surface area contributed by atoms with Gasteiger partial charge in [-0.3, -0.25) is 4.79 Å². The molecule has 44 heavy (non-hydrogen) atoms. The number of rotatable bonds is 12. The van der Waals surface area contributed by atoms with Gasteiger partial charge in [0.25, 0.3) is 5.91 Å². The minimum absolute atomic E-state index is 0.0300. The largest absolute Gasteiger partial charge is 0.394 e. The number of carbonyl (C=O) groups is 1. The number of nitrogens with one attached hydrogen (secondary N) is 2. The Morgan fingerprint density at radius 3 is 2.25 bits per heavy atom. The predicted molar refractivity (Wildman–Crippen MR) is 150 cm³/mol. The van der Waals surface area contributed by atoms with Gasteiger partial charge >= 0.3 is 0 Å². The number of hydrogen-bond acceptors (Lipinski definition) is 17. The number of aliphatic hydroxyl groups is 7. The van der Waals surface area contributed by atoms with Gasteiger partial charge in [0, 0.05) is 37.9 Å². The first-order valence-corrected chi connectivity index (χ1v) is 15.1. The summed E-state index contributed by atoms with van der Waals surface area (Å²) in [5, 5.41) is 79.5. The molecule has 2 aliphatic heterocycles. The second-order valence-electron chi connectivity index (χ2n) is 12.4. The molecule has 18 nitrogen and oxygen atoms in total. The molecule has 18 heteroatoms. The van der Waals surface area contributed by atoms with E-state index in [1.807, 2.05) is 0 Å². The molecule has 0 bridgehead atoms. The summed E-state index contributed by atoms with van der Waals surface area (Å²) in [5.74, 6) is -0.750. The summed E-state index contributed by atoms with van der Waals surface area (Å²) < 4.78 is 23.5. The Morgan fingerprint density at radius 2 is 1.61 bits per heavy atom. The number of aliphatic hydroxyl groups excluding tert-OH is 6. The zero-order valence-corrected chi connectivity index (χ0v) is 24.5. The van der Waals surface area contributed by atoms with Crippen LogP contribution in [0.5, 0.6) is 0 Å². The van der Waals surface area contributed by atoms with Crippen molar-refractivity contribution >= 4 is 5.91 Å². The highest BCUT2D eigenvalue weighted by Gasteiger charge is 2.53. The lowest BCUT2D eigenvalue weighted by molar-refractivity contribution is -0.318. The molecule has 256 valence electrons. The maximum atomic E-state index is 13.0. The first-order chi connectivity index (χ1) is 20.8. The van der Waals surface area contributed by atoms with Crippen LogP contribution in [0.25, 0.3) is 0 Å². The summed E-state index contributed by atoms with van der Waals surface area (Å²) in [6, 6.07) is -3.58. The average Bonchev–Trinajstić information content (AvgIpc) is 2.96. The van der Waals surface area contributed by atoms with Crippen LogP contribution in [-0.4, -0.2) is 165 Å². The van der Waals surface area contributed by atoms with Gasteiger partial charge in [-0.2, -0.15) is 0 Å². The van der Waals surface area contributed by atoms with Gasteiger partial charge in [-0.25, -0.2) is 0 Å². The lowest BCUT2D eigenvalue weighted by Gasteiger charge is -2.49. The van der Waals surface area contributed by atoms with E-state index in [4.69, 9.17) is 41.9 Å². The van der Waals surface area contributed by atoms with Crippen molar-refractivity contribution < 1.29 is 59.5 Å². The molecular weight excluding hydrogens is 588 g/mol. The van der Waals surface area contributed by atoms with Crippen molar-refractivity contribution in [3.8, 4) is 0 Å². The Kier molecular flexibility index (Phi) is 12.3. The van der Waals surface area contributed by atoms with E-state index >= 15 is 0 Å². The lowest BCUT2D eigenvalue weighted by Crippen LogP contribution is -2.70. The van der Waals surface area contributed by atoms with Crippen LogP contribution >= 0.6 is 0 Å². The predicted octanol–water partition coefficient (Wildman–Crippen LogP) is -7.27. The fourth-order valence-corrected chi connectivity index (χ4v) is 6.23. The second-order valence-corrected chi connectivity index (χ2v) is 12.4. The Balaban J connectivity index is 1.50. The highest BCUT2D eigenvalue weighted by Crippen LogP contribution is 2.34. The van der Waals surface area contributed by atoms with Crippen LogP contribution in [0.15, 0.2) is 0 Å². The molecule has 0 spiro atoms. The van der Waals surface area contributed by atoms with Crippen LogP contribution in [0.4, 0.5) is 0 Å². The quantitative estimate of drug-likeness (QED) is 0.0883. The molecule has 0 aromatic heterocycles. The highest BCUT2D eigenvalue weighted by molar-refractivity contribution is 5.86. The van der Waals surface area contributed by atoms with Gasteiger partial charge in [-0.15, -0.1) is 0 Å². The van der Waals surface area contributed by atoms with Crippen molar-refractivity contribution in [1.82, 2.24) is 10.6 Å². The molecule has 0 aromatic carbocycles. The van der Waals surface area contributed by atoms with Gasteiger partial charge in [0.1, 0.15) is 54.4 Å². The summed E-state index contributed by atoms with van der Waals surface area (Å²) in [6.07, 6.45) is -13.7. The third kappa shape index (κ3) is 7.85. The maximum Gasteiger partial charge on any atom is 0.252 e. The van der Waals surface area contributed by atoms with Gasteiger partial charge in [-0.1, -0.05) is 0 Å². The molecule has 0 aromatic rings. The molecule has 4 rings (SSSR count). The van der Waals surface area contributed by atoms with E-state index in [1.54, 1.807) is 0 Å². The number of hydrogen-bond donors (Lipinski definition) is 13. The standard InChI is InChI=1S/C26H50N6O12/c27-2-1-3-31-8-14-18(35)13(34)5-16(41-14)43-22-11(29)4-12(32-25(39)26(40)6-10(28)7-26)23(21(22)38)44-24-20(37)17(30)19(36)15(9-33)42-24/h10-24,31,33-38,40H,1-9,27-30H2,(H,32,39)/t10?,11-,12+,13+,14+,15+,16+,17-,18-,19+,20+,21-,22?,23-,24+,26?/m0/s1. The van der Waals surface area contributed by atoms with Gasteiger partial charge in [0.15, 0.2) is 12.6 Å². The van der Waals surface area contributed by atoms with E-state index in [2.05, 4.69) is 10.6 Å². The molecule has 1 amide bonds. The van der Waals surface area contributed by atoms with E-state index in [0.717, 1.165) is 0 Å². The molecular formula is C26H50N6O12. The topological polar surface area (TPSA) is 324 Å². The second kappa shape index (κ2) is 15.2. The van der Waals surface area contributed by atoms with Crippen LogP contribution in [-0.2, 0) is 23.7 Å². The molecule has 2 aliphatic carbocycles. The molecule has 2 saturated heterocycles. The zero-order chi connectivity index (χ0) is 32.3. The van der Waals surface area contributed by atoms with Crippen molar-refractivity contribution in [3.63, 3.8) is 0 Å². The molecule has 17 N–H and O–H groups in total. The summed E-state index contributed by atoms with van der Waals surface area (Å²) >= 11 is 0. The number of amides is 1. The fourth-order valence-electron chi connectivity index (χ4n) is 6.23. The van der Waals surface area contributed by atoms with Crippen molar-refractivity contribution in [2.75, 3.05) is 26.2 Å². The van der Waals surface area contributed by atoms with Crippen LogP contribution in [0.2, 0.25) is 0 Å². The van der Waals surface area contributed by atoms with Crippen molar-refractivity contribution in [1.29, 1.82) is 0 Å². The fraction of sp³-hybridized carbons (Fsp3) is 0.962. The van der Waals surface area contributed by atoms with Crippen LogP contribution in [0.1, 0.15) is 32.1 Å². The zero-order valence-electron chi connectivity index (χ0n) is 24.5. The molecule has 1 unspecified atom stereocenters. The molecule has 4 aliphatic rings. The van der Waals surface area contributed by atoms with Crippen LogP contribution < -0.4 is 33.6 Å². The van der Waals surface area contributed by atoms with Crippen molar-refractivity contribution in [2.24, 2.45) is 22.9 Å². The summed E-state index contributed by atoms with van der Waals surface area (Å²) in [6.45, 7) is 0.588. The maximum absolute atomic E-state index is 13.0. The Bertz CT molecular complexity index is 934. The van der Waals surface area contributed by atoms with Crippen LogP contribution in [0, 0.1) is 0 Å². The number of ether oxygens (including phenoxy) is 4. The average molecular weight is 639 g/mol. The first-order valence-electron chi connectivity index (χ1n) is 15.1. The minimum atomic E-state index is -1.72. The van der Waals surface area contributed by atoms with Crippen LogP contribution in [0.3, 0.4) is 0 Å². The molecule has 4 fully saturated rings. The molecule has 2 heterocycles. The highest BCUT2D eigenvalue weighted by atomic mass is 16.7. The number of nitrogens with two attached hydrogens (primary N) is 4. The van der Waals surface area contributed by atoms with E-state index in [9.17, 15) is 40.5 Å². The van der Waals surface area contributed by atoms with Gasteiger partial charge in [0.05, 0.1) is 24.8 Å². The Labute approximate surface area is 254 Å². The van der Waals surface area contributed by atoms with E-state index in [-0.39, 0.29) is 38.3 Å². The smallest absolute Gasteiger partial charge is 0.252 e. The van der Waals surface area contributed by atoms with E-state index < -0.39 is 104 Å².